The summed E-state index contributed by atoms with van der Waals surface area (Å²) in [6.07, 6.45) is 15.4. The average molecular weight is 357 g/mol. The smallest absolute Gasteiger partial charge is 0.303 e. The van der Waals surface area contributed by atoms with Crippen LogP contribution in [0.5, 0.6) is 0 Å². The number of hydrogen-bond acceptors (Lipinski definition) is 3. The van der Waals surface area contributed by atoms with E-state index >= 15 is 0 Å². The van der Waals surface area contributed by atoms with Crippen molar-refractivity contribution in [3.05, 3.63) is 12.7 Å². The molecule has 0 aliphatic rings. The standard InChI is InChI=1S/C21H40O4/c1-3-5-6-7-9-12-15-19(22)20(25-18-4-2)16-13-10-8-11-14-17-21(23)24/h4,19-20,22H,2-3,5-18H2,1H3,(H,23,24). The second-order valence-corrected chi connectivity index (χ2v) is 6.98. The number of aliphatic hydroxyl groups is 1. The van der Waals surface area contributed by atoms with Crippen LogP contribution in [0.3, 0.4) is 0 Å². The van der Waals surface area contributed by atoms with Crippen molar-refractivity contribution in [2.45, 2.75) is 109 Å². The molecule has 0 aromatic rings. The Bertz CT molecular complexity index is 317. The summed E-state index contributed by atoms with van der Waals surface area (Å²) in [7, 11) is 0. The minimum Gasteiger partial charge on any atom is -0.481 e. The van der Waals surface area contributed by atoms with Crippen LogP contribution in [-0.2, 0) is 9.53 Å². The van der Waals surface area contributed by atoms with Crippen LogP contribution in [0, 0.1) is 0 Å². The van der Waals surface area contributed by atoms with Gasteiger partial charge in [-0.3, -0.25) is 4.79 Å². The van der Waals surface area contributed by atoms with Crippen molar-refractivity contribution in [1.29, 1.82) is 0 Å². The summed E-state index contributed by atoms with van der Waals surface area (Å²) in [6, 6.07) is 0. The molecular formula is C21H40O4. The van der Waals surface area contributed by atoms with Crippen LogP contribution in [0.2, 0.25) is 0 Å². The lowest BCUT2D eigenvalue weighted by atomic mass is 9.99. The molecule has 0 bridgehead atoms. The van der Waals surface area contributed by atoms with Gasteiger partial charge in [-0.25, -0.2) is 0 Å². The average Bonchev–Trinajstić information content (AvgIpc) is 2.59. The van der Waals surface area contributed by atoms with Gasteiger partial charge in [0.2, 0.25) is 0 Å². The predicted molar refractivity (Wildman–Crippen MR) is 104 cm³/mol. The van der Waals surface area contributed by atoms with Crippen LogP contribution in [0.15, 0.2) is 12.7 Å². The molecule has 0 aliphatic carbocycles. The minimum absolute atomic E-state index is 0.104. The fourth-order valence-corrected chi connectivity index (χ4v) is 3.05. The van der Waals surface area contributed by atoms with Crippen LogP contribution in [-0.4, -0.2) is 35.0 Å². The lowest BCUT2D eigenvalue weighted by Gasteiger charge is -2.23. The maximum atomic E-state index is 10.5. The summed E-state index contributed by atoms with van der Waals surface area (Å²) in [5.74, 6) is -0.712. The number of carbonyl (C=O) groups is 1. The van der Waals surface area contributed by atoms with Crippen molar-refractivity contribution in [3.8, 4) is 0 Å². The molecule has 2 unspecified atom stereocenters. The van der Waals surface area contributed by atoms with Crippen molar-refractivity contribution in [1.82, 2.24) is 0 Å². The van der Waals surface area contributed by atoms with Crippen molar-refractivity contribution in [2.75, 3.05) is 6.61 Å². The Balaban J connectivity index is 3.84. The van der Waals surface area contributed by atoms with E-state index in [1.165, 1.54) is 32.1 Å². The molecule has 0 fully saturated rings. The molecule has 0 spiro atoms. The normalized spacial score (nSPS) is 13.5. The van der Waals surface area contributed by atoms with E-state index in [1.54, 1.807) is 6.08 Å². The molecule has 0 aromatic carbocycles. The van der Waals surface area contributed by atoms with E-state index in [9.17, 15) is 9.90 Å². The number of carboxylic acid groups (broad SMARTS) is 1. The first-order valence-corrected chi connectivity index (χ1v) is 10.2. The van der Waals surface area contributed by atoms with Crippen molar-refractivity contribution < 1.29 is 19.7 Å². The van der Waals surface area contributed by atoms with Gasteiger partial charge in [0, 0.05) is 6.42 Å². The lowest BCUT2D eigenvalue weighted by molar-refractivity contribution is -0.137. The molecular weight excluding hydrogens is 316 g/mol. The molecule has 0 radical (unpaired) electrons. The molecule has 148 valence electrons. The molecule has 4 nitrogen and oxygen atoms in total. The largest absolute Gasteiger partial charge is 0.481 e. The topological polar surface area (TPSA) is 66.8 Å². The summed E-state index contributed by atoms with van der Waals surface area (Å²) in [4.78, 5) is 10.5. The van der Waals surface area contributed by atoms with E-state index in [1.807, 2.05) is 0 Å². The van der Waals surface area contributed by atoms with Crippen molar-refractivity contribution in [3.63, 3.8) is 0 Å². The number of unbranched alkanes of at least 4 members (excludes halogenated alkanes) is 9. The zero-order valence-corrected chi connectivity index (χ0v) is 16.3. The summed E-state index contributed by atoms with van der Waals surface area (Å²) < 4.78 is 5.76. The molecule has 0 aliphatic heterocycles. The Morgan fingerprint density at radius 2 is 1.52 bits per heavy atom. The second kappa shape index (κ2) is 17.9. The van der Waals surface area contributed by atoms with Crippen molar-refractivity contribution >= 4 is 5.97 Å². The Morgan fingerprint density at radius 3 is 2.12 bits per heavy atom. The fraction of sp³-hybridized carbons (Fsp3) is 0.857. The number of carboxylic acids is 1. The Labute approximate surface area is 154 Å². The summed E-state index contributed by atoms with van der Waals surface area (Å²) in [5.41, 5.74) is 0. The van der Waals surface area contributed by atoms with Gasteiger partial charge in [0.25, 0.3) is 0 Å². The summed E-state index contributed by atoms with van der Waals surface area (Å²) >= 11 is 0. The van der Waals surface area contributed by atoms with Gasteiger partial charge in [0.05, 0.1) is 18.8 Å². The van der Waals surface area contributed by atoms with Gasteiger partial charge < -0.3 is 14.9 Å². The van der Waals surface area contributed by atoms with Gasteiger partial charge in [-0.1, -0.05) is 77.2 Å². The van der Waals surface area contributed by atoms with Crippen LogP contribution in [0.1, 0.15) is 96.8 Å². The Morgan fingerprint density at radius 1 is 0.960 bits per heavy atom. The third-order valence-electron chi connectivity index (χ3n) is 4.59. The molecule has 0 saturated carbocycles. The molecule has 4 heteroatoms. The van der Waals surface area contributed by atoms with Crippen LogP contribution in [0.25, 0.3) is 0 Å². The van der Waals surface area contributed by atoms with Gasteiger partial charge >= 0.3 is 5.97 Å². The highest BCUT2D eigenvalue weighted by Crippen LogP contribution is 2.17. The number of hydrogen-bond donors (Lipinski definition) is 2. The molecule has 2 N–H and O–H groups in total. The first-order valence-electron chi connectivity index (χ1n) is 10.2. The Hall–Kier alpha value is -0.870. The minimum atomic E-state index is -0.712. The molecule has 25 heavy (non-hydrogen) atoms. The Kier molecular flexibility index (Phi) is 17.3. The van der Waals surface area contributed by atoms with E-state index < -0.39 is 12.1 Å². The first-order chi connectivity index (χ1) is 12.1. The molecule has 0 rings (SSSR count). The van der Waals surface area contributed by atoms with E-state index in [4.69, 9.17) is 9.84 Å². The van der Waals surface area contributed by atoms with Gasteiger partial charge in [-0.15, -0.1) is 6.58 Å². The highest BCUT2D eigenvalue weighted by molar-refractivity contribution is 5.66. The highest BCUT2D eigenvalue weighted by atomic mass is 16.5. The number of aliphatic carboxylic acids is 1. The predicted octanol–water partition coefficient (Wildman–Crippen LogP) is 5.48. The third kappa shape index (κ3) is 16.4. The maximum Gasteiger partial charge on any atom is 0.303 e. The van der Waals surface area contributed by atoms with Gasteiger partial charge in [-0.2, -0.15) is 0 Å². The number of aliphatic hydroxyl groups excluding tert-OH is 1. The summed E-state index contributed by atoms with van der Waals surface area (Å²) in [5, 5.41) is 19.0. The number of rotatable bonds is 19. The zero-order valence-electron chi connectivity index (χ0n) is 16.3. The second-order valence-electron chi connectivity index (χ2n) is 6.98. The van der Waals surface area contributed by atoms with Gasteiger partial charge in [-0.05, 0) is 19.3 Å². The van der Waals surface area contributed by atoms with Gasteiger partial charge in [0.15, 0.2) is 0 Å². The van der Waals surface area contributed by atoms with Gasteiger partial charge in [0.1, 0.15) is 0 Å². The van der Waals surface area contributed by atoms with E-state index in [0.29, 0.717) is 6.61 Å². The van der Waals surface area contributed by atoms with E-state index in [0.717, 1.165) is 51.4 Å². The van der Waals surface area contributed by atoms with Crippen molar-refractivity contribution in [2.24, 2.45) is 0 Å². The van der Waals surface area contributed by atoms with E-state index in [-0.39, 0.29) is 12.5 Å². The maximum absolute atomic E-state index is 10.5. The zero-order chi connectivity index (χ0) is 18.8. The first kappa shape index (κ1) is 24.1. The SMILES string of the molecule is C=CCOC(CCCCCCCC(=O)O)C(O)CCCCCCCC. The van der Waals surface area contributed by atoms with E-state index in [2.05, 4.69) is 13.5 Å². The molecule has 2 atom stereocenters. The lowest BCUT2D eigenvalue weighted by Crippen LogP contribution is -2.29. The molecule has 0 saturated heterocycles. The van der Waals surface area contributed by atoms with Crippen LogP contribution in [0.4, 0.5) is 0 Å². The molecule has 0 aromatic heterocycles. The van der Waals surface area contributed by atoms with Crippen LogP contribution < -0.4 is 0 Å². The monoisotopic (exact) mass is 356 g/mol. The summed E-state index contributed by atoms with van der Waals surface area (Å²) in [6.45, 7) is 6.39. The fourth-order valence-electron chi connectivity index (χ4n) is 3.05. The van der Waals surface area contributed by atoms with Crippen LogP contribution >= 0.6 is 0 Å². The highest BCUT2D eigenvalue weighted by Gasteiger charge is 2.18. The molecule has 0 amide bonds. The quantitative estimate of drug-likeness (QED) is 0.237. The number of ether oxygens (including phenoxy) is 1. The third-order valence-corrected chi connectivity index (χ3v) is 4.59. The molecule has 0 heterocycles.